The average Bonchev–Trinajstić information content (AvgIpc) is 3.05. The molecule has 4 aliphatic rings. The molecular weight excluding hydrogens is 328 g/mol. The van der Waals surface area contributed by atoms with Crippen molar-refractivity contribution in [1.82, 2.24) is 20.8 Å². The highest BCUT2D eigenvalue weighted by molar-refractivity contribution is 5.41. The van der Waals surface area contributed by atoms with Crippen LogP contribution in [0.2, 0.25) is 0 Å². The molecule has 0 amide bonds. The van der Waals surface area contributed by atoms with Gasteiger partial charge in [-0.25, -0.2) is 15.4 Å². The number of hydrazine groups is 1. The van der Waals surface area contributed by atoms with Gasteiger partial charge in [0.25, 0.3) is 0 Å². The van der Waals surface area contributed by atoms with Gasteiger partial charge in [0, 0.05) is 37.2 Å². The Morgan fingerprint density at radius 2 is 2.12 bits per heavy atom. The minimum Gasteiger partial charge on any atom is -0.372 e. The Labute approximate surface area is 155 Å². The van der Waals surface area contributed by atoms with E-state index in [1.807, 2.05) is 0 Å². The van der Waals surface area contributed by atoms with E-state index in [2.05, 4.69) is 38.7 Å². The van der Waals surface area contributed by atoms with Crippen LogP contribution in [-0.2, 0) is 4.74 Å². The molecule has 0 spiro atoms. The third-order valence-electron chi connectivity index (χ3n) is 6.65. The first-order valence-corrected chi connectivity index (χ1v) is 10.1. The molecule has 7 nitrogen and oxygen atoms in total. The quantitative estimate of drug-likeness (QED) is 0.747. The van der Waals surface area contributed by atoms with Gasteiger partial charge in [-0.3, -0.25) is 5.43 Å². The molecule has 0 bridgehead atoms. The highest BCUT2D eigenvalue weighted by Crippen LogP contribution is 2.45. The Morgan fingerprint density at radius 1 is 1.23 bits per heavy atom. The molecule has 2 saturated carbocycles. The van der Waals surface area contributed by atoms with Crippen LogP contribution >= 0.6 is 0 Å². The summed E-state index contributed by atoms with van der Waals surface area (Å²) in [5, 5.41) is 0. The lowest BCUT2D eigenvalue weighted by Gasteiger charge is -2.34. The van der Waals surface area contributed by atoms with E-state index in [1.54, 1.807) is 6.33 Å². The third-order valence-corrected chi connectivity index (χ3v) is 6.65. The molecule has 26 heavy (non-hydrogen) atoms. The number of aromatic nitrogens is 2. The molecule has 5 atom stereocenters. The third kappa shape index (κ3) is 3.22. The highest BCUT2D eigenvalue weighted by Gasteiger charge is 2.46. The van der Waals surface area contributed by atoms with E-state index in [0.717, 1.165) is 50.3 Å². The maximum Gasteiger partial charge on any atom is 0.132 e. The Balaban J connectivity index is 1.31. The summed E-state index contributed by atoms with van der Waals surface area (Å²) in [5.74, 6) is 1.52. The van der Waals surface area contributed by atoms with Gasteiger partial charge in [-0.15, -0.1) is 0 Å². The molecule has 4 fully saturated rings. The summed E-state index contributed by atoms with van der Waals surface area (Å²) in [6.07, 6.45) is 8.95. The number of nitrogens with one attached hydrogen (secondary N) is 2. The lowest BCUT2D eigenvalue weighted by molar-refractivity contribution is -0.0500. The van der Waals surface area contributed by atoms with E-state index in [4.69, 9.17) is 10.5 Å². The minimum atomic E-state index is 0.156. The molecule has 2 saturated heterocycles. The van der Waals surface area contributed by atoms with Crippen molar-refractivity contribution in [3.63, 3.8) is 0 Å². The summed E-state index contributed by atoms with van der Waals surface area (Å²) in [5.41, 5.74) is 14.3. The zero-order chi connectivity index (χ0) is 17.7. The van der Waals surface area contributed by atoms with E-state index in [1.165, 1.54) is 12.8 Å². The second-order valence-electron chi connectivity index (χ2n) is 8.84. The second kappa shape index (κ2) is 6.41. The first-order chi connectivity index (χ1) is 12.6. The highest BCUT2D eigenvalue weighted by atomic mass is 16.5. The molecule has 2 aliphatic heterocycles. The lowest BCUT2D eigenvalue weighted by Crippen LogP contribution is -2.38. The predicted molar refractivity (Wildman–Crippen MR) is 99.5 cm³/mol. The molecule has 1 aromatic rings. The van der Waals surface area contributed by atoms with Crippen LogP contribution in [0.25, 0.3) is 0 Å². The van der Waals surface area contributed by atoms with Crippen LogP contribution in [-0.4, -0.2) is 46.8 Å². The molecule has 3 heterocycles. The van der Waals surface area contributed by atoms with E-state index in [0.29, 0.717) is 18.1 Å². The first-order valence-electron chi connectivity index (χ1n) is 10.1. The van der Waals surface area contributed by atoms with Crippen molar-refractivity contribution < 1.29 is 4.74 Å². The van der Waals surface area contributed by atoms with E-state index in [9.17, 15) is 0 Å². The minimum absolute atomic E-state index is 0.156. The SMILES string of the molecule is CC1(OC2CCC3NNC(c4cc(N5CC[C@@H](N)C5)ncn4)C3C2)CC1. The summed E-state index contributed by atoms with van der Waals surface area (Å²) >= 11 is 0. The summed E-state index contributed by atoms with van der Waals surface area (Å²) < 4.78 is 6.39. The Kier molecular flexibility index (Phi) is 4.15. The number of nitrogens with two attached hydrogens (primary N) is 1. The predicted octanol–water partition coefficient (Wildman–Crippen LogP) is 1.27. The zero-order valence-electron chi connectivity index (χ0n) is 15.5. The molecule has 4 unspecified atom stereocenters. The van der Waals surface area contributed by atoms with Gasteiger partial charge >= 0.3 is 0 Å². The molecule has 142 valence electrons. The van der Waals surface area contributed by atoms with E-state index < -0.39 is 0 Å². The van der Waals surface area contributed by atoms with Gasteiger partial charge < -0.3 is 15.4 Å². The number of hydrogen-bond donors (Lipinski definition) is 3. The second-order valence-corrected chi connectivity index (χ2v) is 8.84. The Hall–Kier alpha value is -1.28. The van der Waals surface area contributed by atoms with Crippen molar-refractivity contribution in [2.45, 2.75) is 75.3 Å². The molecule has 4 N–H and O–H groups in total. The van der Waals surface area contributed by atoms with Crippen molar-refractivity contribution in [3.8, 4) is 0 Å². The number of rotatable bonds is 4. The fraction of sp³-hybridized carbons (Fsp3) is 0.789. The van der Waals surface area contributed by atoms with Gasteiger partial charge in [-0.1, -0.05) is 0 Å². The fourth-order valence-corrected chi connectivity index (χ4v) is 4.81. The van der Waals surface area contributed by atoms with E-state index >= 15 is 0 Å². The largest absolute Gasteiger partial charge is 0.372 e. The van der Waals surface area contributed by atoms with Gasteiger partial charge in [0.15, 0.2) is 0 Å². The van der Waals surface area contributed by atoms with Crippen LogP contribution in [0.4, 0.5) is 5.82 Å². The molecule has 7 heteroatoms. The van der Waals surface area contributed by atoms with Crippen LogP contribution in [0.3, 0.4) is 0 Å². The van der Waals surface area contributed by atoms with Crippen molar-refractivity contribution >= 4 is 5.82 Å². The molecule has 1 aromatic heterocycles. The van der Waals surface area contributed by atoms with Gasteiger partial charge in [0.05, 0.1) is 23.4 Å². The summed E-state index contributed by atoms with van der Waals surface area (Å²) in [4.78, 5) is 11.4. The number of nitrogens with zero attached hydrogens (tertiary/aromatic N) is 3. The maximum atomic E-state index is 6.39. The van der Waals surface area contributed by atoms with Gasteiger partial charge in [0.1, 0.15) is 12.1 Å². The van der Waals surface area contributed by atoms with Crippen LogP contribution in [0.5, 0.6) is 0 Å². The van der Waals surface area contributed by atoms with Crippen LogP contribution in [0.1, 0.15) is 57.2 Å². The molecular formula is C19H30N6O. The fourth-order valence-electron chi connectivity index (χ4n) is 4.81. The normalized spacial score (nSPS) is 38.4. The number of fused-ring (bicyclic) bond motifs is 1. The van der Waals surface area contributed by atoms with E-state index in [-0.39, 0.29) is 17.7 Å². The lowest BCUT2D eigenvalue weighted by atomic mass is 9.79. The number of hydrogen-bond acceptors (Lipinski definition) is 7. The van der Waals surface area contributed by atoms with Crippen molar-refractivity contribution in [2.24, 2.45) is 11.7 Å². The van der Waals surface area contributed by atoms with Gasteiger partial charge in [0.2, 0.25) is 0 Å². The van der Waals surface area contributed by atoms with Crippen molar-refractivity contribution in [1.29, 1.82) is 0 Å². The Bertz CT molecular complexity index is 665. The smallest absolute Gasteiger partial charge is 0.132 e. The molecule has 5 rings (SSSR count). The average molecular weight is 358 g/mol. The molecule has 2 aliphatic carbocycles. The van der Waals surface area contributed by atoms with Crippen molar-refractivity contribution in [3.05, 3.63) is 18.1 Å². The number of anilines is 1. The first kappa shape index (κ1) is 16.9. The monoisotopic (exact) mass is 358 g/mol. The van der Waals surface area contributed by atoms with Crippen LogP contribution in [0.15, 0.2) is 12.4 Å². The van der Waals surface area contributed by atoms with Crippen LogP contribution in [0, 0.1) is 5.92 Å². The summed E-state index contributed by atoms with van der Waals surface area (Å²) in [6.45, 7) is 4.11. The standard InChI is InChI=1S/C19H30N6O/c1-19(5-6-19)26-13-2-3-15-14(8-13)18(24-23-15)16-9-17(22-11-21-16)25-7-4-12(20)10-25/h9,11-15,18,23-24H,2-8,10,20H2,1H3/t12-,13?,14?,15?,18?/m1/s1. The van der Waals surface area contributed by atoms with Crippen LogP contribution < -0.4 is 21.5 Å². The van der Waals surface area contributed by atoms with Gasteiger partial charge in [-0.2, -0.15) is 0 Å². The van der Waals surface area contributed by atoms with Gasteiger partial charge in [-0.05, 0) is 45.4 Å². The summed E-state index contributed by atoms with van der Waals surface area (Å²) in [6, 6.07) is 3.12. The maximum absolute atomic E-state index is 6.39. The van der Waals surface area contributed by atoms with Crippen molar-refractivity contribution in [2.75, 3.05) is 18.0 Å². The molecule has 0 radical (unpaired) electrons. The summed E-state index contributed by atoms with van der Waals surface area (Å²) in [7, 11) is 0. The topological polar surface area (TPSA) is 88.3 Å². The Morgan fingerprint density at radius 3 is 2.88 bits per heavy atom. The zero-order valence-corrected chi connectivity index (χ0v) is 15.5. The number of ether oxygens (including phenoxy) is 1. The molecule has 0 aromatic carbocycles.